The van der Waals surface area contributed by atoms with Gasteiger partial charge in [0, 0.05) is 23.1 Å². The summed E-state index contributed by atoms with van der Waals surface area (Å²) in [7, 11) is 0. The second kappa shape index (κ2) is 4.76. The molecule has 3 nitrogen and oxygen atoms in total. The van der Waals surface area contributed by atoms with E-state index in [-0.39, 0.29) is 0 Å². The van der Waals surface area contributed by atoms with Gasteiger partial charge in [-0.05, 0) is 11.6 Å². The summed E-state index contributed by atoms with van der Waals surface area (Å²) in [6.45, 7) is 0.567. The van der Waals surface area contributed by atoms with Crippen LogP contribution in [0.2, 0.25) is 0 Å². The molecule has 0 aliphatic carbocycles. The fourth-order valence-corrected chi connectivity index (χ4v) is 2.55. The molecule has 0 bridgehead atoms. The molecule has 1 aromatic carbocycles. The van der Waals surface area contributed by atoms with Gasteiger partial charge in [0.1, 0.15) is 11.3 Å². The van der Waals surface area contributed by atoms with Crippen LogP contribution >= 0.6 is 11.3 Å². The van der Waals surface area contributed by atoms with Crippen molar-refractivity contribution in [1.29, 1.82) is 0 Å². The van der Waals surface area contributed by atoms with E-state index in [1.807, 2.05) is 18.2 Å². The molecule has 2 aromatic heterocycles. The maximum absolute atomic E-state index is 5.58. The molecule has 0 atom stereocenters. The lowest BCUT2D eigenvalue weighted by molar-refractivity contribution is 0.568. The molecular formula is C14H12N2OS. The Labute approximate surface area is 109 Å². The predicted molar refractivity (Wildman–Crippen MR) is 73.1 cm³/mol. The molecule has 90 valence electrons. The lowest BCUT2D eigenvalue weighted by Gasteiger charge is -1.99. The molecule has 0 saturated carbocycles. The fourth-order valence-electron chi connectivity index (χ4n) is 1.74. The van der Waals surface area contributed by atoms with Crippen molar-refractivity contribution in [2.75, 3.05) is 0 Å². The van der Waals surface area contributed by atoms with Crippen molar-refractivity contribution in [2.45, 2.75) is 6.54 Å². The molecule has 0 unspecified atom stereocenters. The van der Waals surface area contributed by atoms with Gasteiger partial charge in [-0.3, -0.25) is 0 Å². The third kappa shape index (κ3) is 2.08. The average molecular weight is 256 g/mol. The first kappa shape index (κ1) is 11.2. The summed E-state index contributed by atoms with van der Waals surface area (Å²) < 4.78 is 5.07. The Morgan fingerprint density at radius 2 is 1.94 bits per heavy atom. The molecule has 2 heterocycles. The van der Waals surface area contributed by atoms with E-state index >= 15 is 0 Å². The van der Waals surface area contributed by atoms with Crippen LogP contribution in [0, 0.1) is 0 Å². The lowest BCUT2D eigenvalue weighted by atomic mass is 10.1. The maximum Gasteiger partial charge on any atom is 0.127 e. The standard InChI is InChI=1S/C14H12N2OS/c15-7-10-1-3-11(4-2-10)13-9-18-14(16-13)12-5-6-17-8-12/h1-6,8-9H,7,15H2. The first-order valence-corrected chi connectivity index (χ1v) is 6.52. The second-order valence-electron chi connectivity index (χ2n) is 3.95. The fraction of sp³-hybridized carbons (Fsp3) is 0.0714. The van der Waals surface area contributed by atoms with Crippen molar-refractivity contribution in [3.8, 4) is 21.8 Å². The first-order chi connectivity index (χ1) is 8.86. The van der Waals surface area contributed by atoms with E-state index in [9.17, 15) is 0 Å². The Bertz CT molecular complexity index is 626. The SMILES string of the molecule is NCc1ccc(-c2csc(-c3ccoc3)n2)cc1. The van der Waals surface area contributed by atoms with Crippen molar-refractivity contribution in [3.63, 3.8) is 0 Å². The topological polar surface area (TPSA) is 52.0 Å². The highest BCUT2D eigenvalue weighted by Crippen LogP contribution is 2.29. The zero-order valence-corrected chi connectivity index (χ0v) is 10.5. The Morgan fingerprint density at radius 3 is 2.61 bits per heavy atom. The molecule has 0 aliphatic heterocycles. The van der Waals surface area contributed by atoms with Crippen LogP contribution in [-0.2, 0) is 6.54 Å². The monoisotopic (exact) mass is 256 g/mol. The molecule has 3 aromatic rings. The number of nitrogens with zero attached hydrogens (tertiary/aromatic N) is 1. The van der Waals surface area contributed by atoms with Crippen LogP contribution in [0.25, 0.3) is 21.8 Å². The van der Waals surface area contributed by atoms with E-state index in [1.54, 1.807) is 23.9 Å². The zero-order chi connectivity index (χ0) is 12.4. The highest BCUT2D eigenvalue weighted by molar-refractivity contribution is 7.13. The van der Waals surface area contributed by atoms with Crippen molar-refractivity contribution in [2.24, 2.45) is 5.73 Å². The minimum atomic E-state index is 0.567. The van der Waals surface area contributed by atoms with E-state index in [4.69, 9.17) is 10.2 Å². The van der Waals surface area contributed by atoms with E-state index < -0.39 is 0 Å². The molecule has 0 saturated heterocycles. The summed E-state index contributed by atoms with van der Waals surface area (Å²) in [5.41, 5.74) is 9.83. The minimum absolute atomic E-state index is 0.567. The minimum Gasteiger partial charge on any atom is -0.472 e. The van der Waals surface area contributed by atoms with E-state index in [0.29, 0.717) is 6.54 Å². The number of aromatic nitrogens is 1. The number of thiazole rings is 1. The van der Waals surface area contributed by atoms with Crippen molar-refractivity contribution in [3.05, 3.63) is 53.8 Å². The number of furan rings is 1. The Kier molecular flexibility index (Phi) is 2.96. The molecule has 0 radical (unpaired) electrons. The number of hydrogen-bond donors (Lipinski definition) is 1. The van der Waals surface area contributed by atoms with Gasteiger partial charge in [0.25, 0.3) is 0 Å². The first-order valence-electron chi connectivity index (χ1n) is 5.64. The summed E-state index contributed by atoms with van der Waals surface area (Å²) in [4.78, 5) is 4.61. The van der Waals surface area contributed by atoms with E-state index in [1.165, 1.54) is 0 Å². The molecule has 0 amide bonds. The van der Waals surface area contributed by atoms with Crippen molar-refractivity contribution >= 4 is 11.3 Å². The average Bonchev–Trinajstić information content (AvgIpc) is 3.09. The van der Waals surface area contributed by atoms with Crippen LogP contribution in [-0.4, -0.2) is 4.98 Å². The molecule has 2 N–H and O–H groups in total. The Morgan fingerprint density at radius 1 is 1.11 bits per heavy atom. The normalized spacial score (nSPS) is 10.7. The van der Waals surface area contributed by atoms with Crippen molar-refractivity contribution in [1.82, 2.24) is 4.98 Å². The van der Waals surface area contributed by atoms with Crippen LogP contribution < -0.4 is 5.73 Å². The van der Waals surface area contributed by atoms with Crippen LogP contribution in [0.1, 0.15) is 5.56 Å². The Balaban J connectivity index is 1.92. The third-order valence-corrected chi connectivity index (χ3v) is 3.65. The van der Waals surface area contributed by atoms with Crippen LogP contribution in [0.4, 0.5) is 0 Å². The van der Waals surface area contributed by atoms with Gasteiger partial charge in [-0.25, -0.2) is 4.98 Å². The highest BCUT2D eigenvalue weighted by atomic mass is 32.1. The van der Waals surface area contributed by atoms with Gasteiger partial charge >= 0.3 is 0 Å². The molecule has 0 spiro atoms. The molecule has 0 aliphatic rings. The van der Waals surface area contributed by atoms with E-state index in [0.717, 1.165) is 27.4 Å². The molecular weight excluding hydrogens is 244 g/mol. The van der Waals surface area contributed by atoms with Crippen molar-refractivity contribution < 1.29 is 4.42 Å². The van der Waals surface area contributed by atoms with Gasteiger partial charge in [0.05, 0.1) is 12.0 Å². The number of benzene rings is 1. The zero-order valence-electron chi connectivity index (χ0n) is 9.67. The van der Waals surface area contributed by atoms with Gasteiger partial charge in [-0.1, -0.05) is 24.3 Å². The van der Waals surface area contributed by atoms with Crippen LogP contribution in [0.15, 0.2) is 52.7 Å². The Hall–Kier alpha value is -1.91. The molecule has 18 heavy (non-hydrogen) atoms. The third-order valence-electron chi connectivity index (χ3n) is 2.76. The molecule has 0 fully saturated rings. The summed E-state index contributed by atoms with van der Waals surface area (Å²) >= 11 is 1.62. The van der Waals surface area contributed by atoms with Gasteiger partial charge in [-0.15, -0.1) is 11.3 Å². The van der Waals surface area contributed by atoms with Gasteiger partial charge in [0.2, 0.25) is 0 Å². The van der Waals surface area contributed by atoms with Gasteiger partial charge < -0.3 is 10.2 Å². The summed E-state index contributed by atoms with van der Waals surface area (Å²) in [6.07, 6.45) is 3.37. The highest BCUT2D eigenvalue weighted by Gasteiger charge is 2.07. The molecule has 4 heteroatoms. The smallest absolute Gasteiger partial charge is 0.127 e. The quantitative estimate of drug-likeness (QED) is 0.780. The lowest BCUT2D eigenvalue weighted by Crippen LogP contribution is -1.95. The van der Waals surface area contributed by atoms with E-state index in [2.05, 4.69) is 22.5 Å². The number of rotatable bonds is 3. The summed E-state index contributed by atoms with van der Waals surface area (Å²) in [6, 6.07) is 10.1. The summed E-state index contributed by atoms with van der Waals surface area (Å²) in [5.74, 6) is 0. The summed E-state index contributed by atoms with van der Waals surface area (Å²) in [5, 5.41) is 3.03. The van der Waals surface area contributed by atoms with Gasteiger partial charge in [-0.2, -0.15) is 0 Å². The predicted octanol–water partition coefficient (Wildman–Crippen LogP) is 3.53. The maximum atomic E-state index is 5.58. The van der Waals surface area contributed by atoms with Crippen LogP contribution in [0.3, 0.4) is 0 Å². The number of hydrogen-bond acceptors (Lipinski definition) is 4. The number of nitrogens with two attached hydrogens (primary N) is 1. The van der Waals surface area contributed by atoms with Crippen LogP contribution in [0.5, 0.6) is 0 Å². The van der Waals surface area contributed by atoms with Gasteiger partial charge in [0.15, 0.2) is 0 Å². The second-order valence-corrected chi connectivity index (χ2v) is 4.81. The molecule has 3 rings (SSSR count). The largest absolute Gasteiger partial charge is 0.472 e.